The lowest BCUT2D eigenvalue weighted by Crippen LogP contribution is -2.22. The van der Waals surface area contributed by atoms with Gasteiger partial charge in [0.05, 0.1) is 5.25 Å². The Kier molecular flexibility index (Phi) is 4.86. The number of hydrogen-bond donors (Lipinski definition) is 2. The summed E-state index contributed by atoms with van der Waals surface area (Å²) < 4.78 is 5.52. The minimum atomic E-state index is -0.404. The van der Waals surface area contributed by atoms with E-state index in [1.807, 2.05) is 0 Å². The van der Waals surface area contributed by atoms with Gasteiger partial charge in [-0.2, -0.15) is 0 Å². The number of aromatic amines is 1. The molecule has 2 aromatic rings. The van der Waals surface area contributed by atoms with Crippen molar-refractivity contribution in [3.63, 3.8) is 0 Å². The lowest BCUT2D eigenvalue weighted by atomic mass is 10.3. The van der Waals surface area contributed by atoms with E-state index in [1.165, 1.54) is 11.8 Å². The number of benzene rings is 1. The second-order valence-corrected chi connectivity index (χ2v) is 5.71. The van der Waals surface area contributed by atoms with Gasteiger partial charge in [-0.15, -0.1) is 5.10 Å². The molecular weight excluding hydrogens is 300 g/mol. The smallest absolute Gasteiger partial charge is 0.230 e. The van der Waals surface area contributed by atoms with Crippen molar-refractivity contribution in [2.24, 2.45) is 5.73 Å². The summed E-state index contributed by atoms with van der Waals surface area (Å²) in [5.41, 5.74) is 5.18. The minimum absolute atomic E-state index is 0.250. The summed E-state index contributed by atoms with van der Waals surface area (Å²) in [4.78, 5) is 15.2. The van der Waals surface area contributed by atoms with Gasteiger partial charge in [-0.3, -0.25) is 9.89 Å². The second-order valence-electron chi connectivity index (χ2n) is 3.97. The molecule has 1 aromatic heterocycles. The molecular formula is C12H13ClN4O2S. The minimum Gasteiger partial charge on any atom is -0.486 e. The number of hydrogen-bond acceptors (Lipinski definition) is 5. The van der Waals surface area contributed by atoms with Gasteiger partial charge in [-0.1, -0.05) is 23.4 Å². The van der Waals surface area contributed by atoms with Crippen LogP contribution >= 0.6 is 23.4 Å². The summed E-state index contributed by atoms with van der Waals surface area (Å²) in [6.45, 7) is 1.95. The molecule has 1 heterocycles. The number of carbonyl (C=O) groups excluding carboxylic acids is 1. The molecule has 0 spiro atoms. The van der Waals surface area contributed by atoms with E-state index >= 15 is 0 Å². The number of primary amides is 1. The number of nitrogens with zero attached hydrogens (tertiary/aromatic N) is 2. The number of H-pyrrole nitrogens is 1. The zero-order valence-electron chi connectivity index (χ0n) is 10.7. The summed E-state index contributed by atoms with van der Waals surface area (Å²) in [5.74, 6) is 0.850. The quantitative estimate of drug-likeness (QED) is 0.796. The second kappa shape index (κ2) is 6.62. The standard InChI is InChI=1S/C12H13ClN4O2S/c1-7(11(14)18)20-12-15-10(16-17-12)6-19-9-4-2-8(13)3-5-9/h2-5,7H,6H2,1H3,(H2,14,18)(H,15,16,17)/t7-/m1/s1. The van der Waals surface area contributed by atoms with Crippen LogP contribution in [0.1, 0.15) is 12.7 Å². The first kappa shape index (κ1) is 14.7. The topological polar surface area (TPSA) is 93.9 Å². The van der Waals surface area contributed by atoms with E-state index in [4.69, 9.17) is 22.1 Å². The lowest BCUT2D eigenvalue weighted by molar-refractivity contribution is -0.117. The number of aromatic nitrogens is 3. The van der Waals surface area contributed by atoms with Crippen LogP contribution in [-0.4, -0.2) is 26.3 Å². The van der Waals surface area contributed by atoms with Crippen molar-refractivity contribution in [2.75, 3.05) is 0 Å². The van der Waals surface area contributed by atoms with Crippen molar-refractivity contribution >= 4 is 29.3 Å². The third kappa shape index (κ3) is 4.14. The predicted molar refractivity (Wildman–Crippen MR) is 76.7 cm³/mol. The van der Waals surface area contributed by atoms with E-state index in [1.54, 1.807) is 31.2 Å². The predicted octanol–water partition coefficient (Wildman–Crippen LogP) is 2.00. The van der Waals surface area contributed by atoms with Crippen molar-refractivity contribution in [3.8, 4) is 5.75 Å². The zero-order valence-corrected chi connectivity index (χ0v) is 12.2. The number of nitrogens with one attached hydrogen (secondary N) is 1. The van der Waals surface area contributed by atoms with Gasteiger partial charge in [-0.05, 0) is 31.2 Å². The third-order valence-electron chi connectivity index (χ3n) is 2.38. The van der Waals surface area contributed by atoms with Crippen LogP contribution in [0.4, 0.5) is 0 Å². The highest BCUT2D eigenvalue weighted by atomic mass is 35.5. The number of ether oxygens (including phenoxy) is 1. The van der Waals surface area contributed by atoms with E-state index in [0.29, 0.717) is 21.8 Å². The first-order valence-electron chi connectivity index (χ1n) is 5.80. The molecule has 2 rings (SSSR count). The molecule has 8 heteroatoms. The fraction of sp³-hybridized carbons (Fsp3) is 0.250. The molecule has 20 heavy (non-hydrogen) atoms. The molecule has 0 radical (unpaired) electrons. The molecule has 0 aliphatic heterocycles. The monoisotopic (exact) mass is 312 g/mol. The zero-order chi connectivity index (χ0) is 14.5. The first-order valence-corrected chi connectivity index (χ1v) is 7.06. The van der Waals surface area contributed by atoms with Gasteiger partial charge in [0.15, 0.2) is 5.82 Å². The van der Waals surface area contributed by atoms with Crippen LogP contribution < -0.4 is 10.5 Å². The van der Waals surface area contributed by atoms with Crippen LogP contribution in [0, 0.1) is 0 Å². The Bertz CT molecular complexity index is 587. The molecule has 0 unspecified atom stereocenters. The molecule has 0 fully saturated rings. The molecule has 0 saturated heterocycles. The highest BCUT2D eigenvalue weighted by Crippen LogP contribution is 2.19. The number of halogens is 1. The average Bonchev–Trinajstić information content (AvgIpc) is 2.85. The normalized spacial score (nSPS) is 12.1. The van der Waals surface area contributed by atoms with Crippen molar-refractivity contribution in [2.45, 2.75) is 23.9 Å². The summed E-state index contributed by atoms with van der Waals surface area (Å²) in [7, 11) is 0. The van der Waals surface area contributed by atoms with Gasteiger partial charge in [0.1, 0.15) is 12.4 Å². The van der Waals surface area contributed by atoms with Crippen LogP contribution in [-0.2, 0) is 11.4 Å². The summed E-state index contributed by atoms with van der Waals surface area (Å²) in [6, 6.07) is 7.02. The molecule has 6 nitrogen and oxygen atoms in total. The Morgan fingerprint density at radius 2 is 2.20 bits per heavy atom. The van der Waals surface area contributed by atoms with Gasteiger partial charge in [0.2, 0.25) is 11.1 Å². The van der Waals surface area contributed by atoms with Crippen LogP contribution in [0.25, 0.3) is 0 Å². The van der Waals surface area contributed by atoms with Crippen molar-refractivity contribution < 1.29 is 9.53 Å². The fourth-order valence-electron chi connectivity index (χ4n) is 1.29. The summed E-state index contributed by atoms with van der Waals surface area (Å²) in [6.07, 6.45) is 0. The highest BCUT2D eigenvalue weighted by molar-refractivity contribution is 8.00. The Labute approximate surface area is 125 Å². The van der Waals surface area contributed by atoms with Gasteiger partial charge in [0, 0.05) is 5.02 Å². The van der Waals surface area contributed by atoms with Crippen LogP contribution in [0.3, 0.4) is 0 Å². The number of carbonyl (C=O) groups is 1. The fourth-order valence-corrected chi connectivity index (χ4v) is 2.11. The van der Waals surface area contributed by atoms with Gasteiger partial charge >= 0.3 is 0 Å². The van der Waals surface area contributed by atoms with Crippen LogP contribution in [0.2, 0.25) is 5.02 Å². The van der Waals surface area contributed by atoms with Crippen molar-refractivity contribution in [1.82, 2.24) is 15.2 Å². The molecule has 0 aliphatic carbocycles. The Morgan fingerprint density at radius 1 is 1.50 bits per heavy atom. The van der Waals surface area contributed by atoms with Gasteiger partial charge < -0.3 is 10.5 Å². The maximum Gasteiger partial charge on any atom is 0.230 e. The molecule has 0 bridgehead atoms. The maximum absolute atomic E-state index is 10.9. The van der Waals surface area contributed by atoms with E-state index < -0.39 is 5.91 Å². The van der Waals surface area contributed by atoms with Crippen molar-refractivity contribution in [3.05, 3.63) is 35.1 Å². The molecule has 1 aromatic carbocycles. The average molecular weight is 313 g/mol. The largest absolute Gasteiger partial charge is 0.486 e. The maximum atomic E-state index is 10.9. The number of amides is 1. The third-order valence-corrected chi connectivity index (χ3v) is 3.61. The molecule has 106 valence electrons. The molecule has 0 aliphatic rings. The summed E-state index contributed by atoms with van der Waals surface area (Å²) in [5, 5.41) is 7.46. The van der Waals surface area contributed by atoms with Gasteiger partial charge in [0.25, 0.3) is 0 Å². The lowest BCUT2D eigenvalue weighted by Gasteiger charge is -2.03. The number of thioether (sulfide) groups is 1. The Morgan fingerprint density at radius 3 is 2.85 bits per heavy atom. The van der Waals surface area contributed by atoms with Crippen molar-refractivity contribution in [1.29, 1.82) is 0 Å². The van der Waals surface area contributed by atoms with E-state index in [9.17, 15) is 4.79 Å². The highest BCUT2D eigenvalue weighted by Gasteiger charge is 2.14. The first-order chi connectivity index (χ1) is 9.54. The van der Waals surface area contributed by atoms with E-state index in [0.717, 1.165) is 0 Å². The van der Waals surface area contributed by atoms with E-state index in [2.05, 4.69) is 15.2 Å². The number of rotatable bonds is 6. The molecule has 0 saturated carbocycles. The summed E-state index contributed by atoms with van der Waals surface area (Å²) >= 11 is 6.98. The van der Waals surface area contributed by atoms with Gasteiger partial charge in [-0.25, -0.2) is 4.98 Å². The Balaban J connectivity index is 1.89. The van der Waals surface area contributed by atoms with Crippen LogP contribution in [0.5, 0.6) is 5.75 Å². The van der Waals surface area contributed by atoms with Crippen LogP contribution in [0.15, 0.2) is 29.4 Å². The number of nitrogens with two attached hydrogens (primary N) is 1. The molecule has 1 atom stereocenters. The molecule has 3 N–H and O–H groups in total. The van der Waals surface area contributed by atoms with E-state index in [-0.39, 0.29) is 11.9 Å². The molecule has 1 amide bonds. The SMILES string of the molecule is C[C@@H](Sc1n[nH]c(COc2ccc(Cl)cc2)n1)C(N)=O. The Hall–Kier alpha value is -1.73.